The Hall–Kier alpha value is -5.30. The monoisotopic (exact) mass is 907 g/mol. The first-order chi connectivity index (χ1) is 29.7. The van der Waals surface area contributed by atoms with E-state index in [4.69, 9.17) is 21.4 Å². The number of benzene rings is 1. The van der Waals surface area contributed by atoms with Crippen LogP contribution >= 0.6 is 22.7 Å². The fourth-order valence-electron chi connectivity index (χ4n) is 9.51. The van der Waals surface area contributed by atoms with Gasteiger partial charge in [-0.1, -0.05) is 73.4 Å². The largest absolute Gasteiger partial charge is 0.465 e. The van der Waals surface area contributed by atoms with E-state index in [-0.39, 0.29) is 55.3 Å². The third-order valence-corrected chi connectivity index (χ3v) is 15.5. The second kappa shape index (κ2) is 18.4. The number of anilines is 1. The molecule has 0 aliphatic carbocycles. The summed E-state index contributed by atoms with van der Waals surface area (Å²) in [6.45, 7) is 14.1. The van der Waals surface area contributed by atoms with Gasteiger partial charge in [0.05, 0.1) is 23.5 Å². The van der Waals surface area contributed by atoms with Crippen LogP contribution in [0.5, 0.6) is 0 Å². The molecule has 17 nitrogen and oxygen atoms in total. The van der Waals surface area contributed by atoms with Crippen molar-refractivity contribution in [1.82, 2.24) is 30.4 Å². The Labute approximate surface area is 376 Å². The SMILES string of the molecule is CC[C@H](C)[C@H](NC(=O)O)C(=O)N1CCC[C@]1(C(N)=O)c1nc([C@@H]2CC[C@@H](c3csc([C@@]4(C(N)=O)CCCN4C(=O)[C@@H](NC(=O)O)[C@@H](C)CC)n3)N2c2ccc(C(C)(C)C)cc2)cs1. The van der Waals surface area contributed by atoms with Crippen molar-refractivity contribution >= 4 is 64.2 Å². The van der Waals surface area contributed by atoms with Crippen LogP contribution in [0.1, 0.15) is 139 Å². The lowest BCUT2D eigenvalue weighted by Gasteiger charge is -2.37. The van der Waals surface area contributed by atoms with Crippen molar-refractivity contribution in [2.45, 2.75) is 140 Å². The van der Waals surface area contributed by atoms with Gasteiger partial charge in [0.2, 0.25) is 11.8 Å². The summed E-state index contributed by atoms with van der Waals surface area (Å²) in [7, 11) is 0. The van der Waals surface area contributed by atoms with Crippen LogP contribution in [0.25, 0.3) is 0 Å². The highest BCUT2D eigenvalue weighted by Crippen LogP contribution is 2.50. The number of rotatable bonds is 15. The van der Waals surface area contributed by atoms with Crippen molar-refractivity contribution in [3.05, 3.63) is 62.0 Å². The molecule has 3 aliphatic rings. The zero-order valence-electron chi connectivity index (χ0n) is 37.1. The first kappa shape index (κ1) is 47.2. The van der Waals surface area contributed by atoms with E-state index in [1.165, 1.54) is 32.5 Å². The van der Waals surface area contributed by atoms with E-state index >= 15 is 0 Å². The van der Waals surface area contributed by atoms with Crippen LogP contribution in [0.15, 0.2) is 35.0 Å². The fourth-order valence-corrected chi connectivity index (χ4v) is 11.7. The summed E-state index contributed by atoms with van der Waals surface area (Å²) in [5.74, 6) is -3.22. The van der Waals surface area contributed by atoms with E-state index < -0.39 is 59.0 Å². The van der Waals surface area contributed by atoms with E-state index in [1.54, 1.807) is 13.8 Å². The molecule has 3 aliphatic heterocycles. The predicted octanol–water partition coefficient (Wildman–Crippen LogP) is 5.95. The molecule has 3 fully saturated rings. The molecule has 6 rings (SSSR count). The van der Waals surface area contributed by atoms with E-state index in [1.807, 2.05) is 24.6 Å². The molecule has 6 amide bonds. The highest BCUT2D eigenvalue weighted by molar-refractivity contribution is 7.10. The maximum absolute atomic E-state index is 14.2. The molecule has 19 heteroatoms. The van der Waals surface area contributed by atoms with Gasteiger partial charge in [-0.05, 0) is 73.5 Å². The minimum Gasteiger partial charge on any atom is -0.465 e. The first-order valence-electron chi connectivity index (χ1n) is 21.7. The van der Waals surface area contributed by atoms with Crippen LogP contribution in [-0.4, -0.2) is 91.0 Å². The molecule has 1 aromatic carbocycles. The normalized spacial score (nSPS) is 24.5. The van der Waals surface area contributed by atoms with Gasteiger partial charge in [0.15, 0.2) is 11.1 Å². The van der Waals surface area contributed by atoms with Gasteiger partial charge in [-0.2, -0.15) is 0 Å². The minimum absolute atomic E-state index is 0.112. The van der Waals surface area contributed by atoms with Crippen LogP contribution in [0.4, 0.5) is 15.3 Å². The molecule has 0 bridgehead atoms. The summed E-state index contributed by atoms with van der Waals surface area (Å²) in [4.78, 5) is 94.5. The number of hydrogen-bond acceptors (Lipinski definition) is 11. The topological polar surface area (TPSA) is 254 Å². The summed E-state index contributed by atoms with van der Waals surface area (Å²) < 4.78 is 0. The number of thiazole rings is 2. The molecule has 8 N–H and O–H groups in total. The molecule has 0 radical (unpaired) electrons. The van der Waals surface area contributed by atoms with Crippen molar-refractivity contribution in [2.75, 3.05) is 18.0 Å². The molecule has 3 saturated heterocycles. The van der Waals surface area contributed by atoms with Crippen molar-refractivity contribution in [3.63, 3.8) is 0 Å². The van der Waals surface area contributed by atoms with Gasteiger partial charge in [0.1, 0.15) is 22.1 Å². The molecule has 0 saturated carbocycles. The lowest BCUT2D eigenvalue weighted by Crippen LogP contribution is -2.59. The van der Waals surface area contributed by atoms with Crippen LogP contribution in [0, 0.1) is 11.8 Å². The van der Waals surface area contributed by atoms with Gasteiger partial charge in [-0.15, -0.1) is 22.7 Å². The smallest absolute Gasteiger partial charge is 0.405 e. The Kier molecular flexibility index (Phi) is 13.8. The van der Waals surface area contributed by atoms with Gasteiger partial charge in [0.25, 0.3) is 11.8 Å². The number of hydrogen-bond donors (Lipinski definition) is 6. The molecular formula is C44H61N9O8S2. The minimum atomic E-state index is -1.57. The number of carbonyl (C=O) groups excluding carboxylic acids is 4. The molecule has 3 aromatic rings. The van der Waals surface area contributed by atoms with E-state index in [0.717, 1.165) is 11.3 Å². The van der Waals surface area contributed by atoms with Crippen molar-refractivity contribution in [1.29, 1.82) is 0 Å². The number of carbonyl (C=O) groups is 6. The zero-order valence-corrected chi connectivity index (χ0v) is 38.7. The van der Waals surface area contributed by atoms with E-state index in [0.29, 0.717) is 59.9 Å². The molecule has 5 heterocycles. The van der Waals surface area contributed by atoms with Gasteiger partial charge in [0, 0.05) is 29.5 Å². The number of likely N-dealkylation sites (tertiary alicyclic amines) is 2. The number of amides is 6. The molecule has 342 valence electrons. The number of nitrogens with zero attached hydrogens (tertiary/aromatic N) is 5. The Morgan fingerprint density at radius 3 is 1.48 bits per heavy atom. The standard InChI is InChI=1S/C44H61N9O8S2/c1-8-24(3)32(49-40(58)59)34(54)51-20-10-18-43(51,36(45)56)38-47-28(22-62-38)30-16-17-31(53(30)27-14-12-26(13-15-27)42(5,6)7)29-23-63-39(48-29)44(37(46)57)19-11-21-52(44)35(55)33(25(4)9-2)50-41(60)61/h12-15,22-25,30-33,49-50H,8-11,16-21H2,1-7H3,(H2,45,56)(H2,46,57)(H,58,59)(H,60,61)/t24-,25-,30-,31-,32-,33-,43-,44-/m0/s1. The van der Waals surface area contributed by atoms with E-state index in [2.05, 4.69) is 60.6 Å². The number of primary amides is 2. The molecule has 0 unspecified atom stereocenters. The third-order valence-electron chi connectivity index (χ3n) is 13.5. The summed E-state index contributed by atoms with van der Waals surface area (Å²) >= 11 is 2.49. The van der Waals surface area contributed by atoms with Crippen LogP contribution in [-0.2, 0) is 35.7 Å². The average Bonchev–Trinajstić information content (AvgIpc) is 4.08. The van der Waals surface area contributed by atoms with Crippen LogP contribution in [0.2, 0.25) is 0 Å². The number of carboxylic acid groups (broad SMARTS) is 2. The number of nitrogens with two attached hydrogens (primary N) is 2. The Morgan fingerprint density at radius 2 is 1.14 bits per heavy atom. The van der Waals surface area contributed by atoms with Gasteiger partial charge in [-0.25, -0.2) is 19.6 Å². The van der Waals surface area contributed by atoms with Crippen molar-refractivity contribution in [2.24, 2.45) is 23.3 Å². The maximum Gasteiger partial charge on any atom is 0.405 e. The highest BCUT2D eigenvalue weighted by Gasteiger charge is 2.56. The van der Waals surface area contributed by atoms with Gasteiger partial charge in [-0.3, -0.25) is 19.2 Å². The molecule has 8 atom stereocenters. The molecule has 63 heavy (non-hydrogen) atoms. The predicted molar refractivity (Wildman–Crippen MR) is 239 cm³/mol. The lowest BCUT2D eigenvalue weighted by molar-refractivity contribution is -0.146. The van der Waals surface area contributed by atoms with Crippen LogP contribution < -0.4 is 27.0 Å². The quantitative estimate of drug-likeness (QED) is 0.104. The van der Waals surface area contributed by atoms with Gasteiger partial charge >= 0.3 is 12.2 Å². The zero-order chi connectivity index (χ0) is 46.2. The fraction of sp³-hybridized carbons (Fsp3) is 0.591. The second-order valence-corrected chi connectivity index (χ2v) is 19.9. The second-order valence-electron chi connectivity index (χ2n) is 18.2. The summed E-state index contributed by atoms with van der Waals surface area (Å²) in [6.07, 6.45) is 1.02. The summed E-state index contributed by atoms with van der Waals surface area (Å²) in [5.41, 5.74) is 12.5. The molecule has 0 spiro atoms. The number of nitrogens with one attached hydrogen (secondary N) is 2. The molecular weight excluding hydrogens is 847 g/mol. The lowest BCUT2D eigenvalue weighted by atomic mass is 9.87. The van der Waals surface area contributed by atoms with E-state index in [9.17, 15) is 39.0 Å². The Morgan fingerprint density at radius 1 is 0.746 bits per heavy atom. The first-order valence-corrected chi connectivity index (χ1v) is 23.5. The Bertz CT molecular complexity index is 2080. The van der Waals surface area contributed by atoms with Crippen molar-refractivity contribution < 1.29 is 39.0 Å². The number of aromatic nitrogens is 2. The molecule has 2 aromatic heterocycles. The average molecular weight is 908 g/mol. The summed E-state index contributed by atoms with van der Waals surface area (Å²) in [6, 6.07) is 5.49. The third kappa shape index (κ3) is 8.69. The van der Waals surface area contributed by atoms with Crippen molar-refractivity contribution in [3.8, 4) is 0 Å². The van der Waals surface area contributed by atoms with Crippen LogP contribution in [0.3, 0.4) is 0 Å². The highest BCUT2D eigenvalue weighted by atomic mass is 32.1. The maximum atomic E-state index is 14.2. The summed E-state index contributed by atoms with van der Waals surface area (Å²) in [5, 5.41) is 28.5. The Balaban J connectivity index is 1.39. The van der Waals surface area contributed by atoms with Gasteiger partial charge < -0.3 is 47.0 Å².